The molecule has 0 amide bonds. The van der Waals surface area contributed by atoms with Gasteiger partial charge in [0.05, 0.1) is 5.60 Å². The van der Waals surface area contributed by atoms with Crippen LogP contribution in [0.1, 0.15) is 31.2 Å². The van der Waals surface area contributed by atoms with E-state index >= 15 is 0 Å². The van der Waals surface area contributed by atoms with E-state index in [0.29, 0.717) is 6.04 Å². The Balaban J connectivity index is 1.77. The van der Waals surface area contributed by atoms with Gasteiger partial charge in [0.1, 0.15) is 0 Å². The van der Waals surface area contributed by atoms with E-state index in [4.69, 9.17) is 0 Å². The molecule has 88 valence electrons. The summed E-state index contributed by atoms with van der Waals surface area (Å²) in [5, 5.41) is 15.1. The Kier molecular flexibility index (Phi) is 2.78. The molecule has 0 spiro atoms. The highest BCUT2D eigenvalue weighted by molar-refractivity contribution is 7.07. The number of aliphatic hydroxyl groups is 1. The summed E-state index contributed by atoms with van der Waals surface area (Å²) in [6, 6.07) is 2.56. The van der Waals surface area contributed by atoms with Crippen molar-refractivity contribution >= 4 is 11.3 Å². The summed E-state index contributed by atoms with van der Waals surface area (Å²) < 4.78 is 0. The minimum atomic E-state index is -0.457. The molecule has 0 radical (unpaired) electrons. The maximum atomic E-state index is 10.8. The molecule has 3 rings (SSSR count). The van der Waals surface area contributed by atoms with Crippen LogP contribution in [0.2, 0.25) is 0 Å². The molecule has 2 aliphatic heterocycles. The molecule has 16 heavy (non-hydrogen) atoms. The van der Waals surface area contributed by atoms with Crippen LogP contribution < -0.4 is 0 Å². The van der Waals surface area contributed by atoms with Crippen molar-refractivity contribution in [2.24, 2.45) is 0 Å². The highest BCUT2D eigenvalue weighted by atomic mass is 32.1. The van der Waals surface area contributed by atoms with Crippen molar-refractivity contribution in [1.29, 1.82) is 0 Å². The first-order chi connectivity index (χ1) is 7.78. The lowest BCUT2D eigenvalue weighted by molar-refractivity contribution is -0.00878. The molecular weight excluding hydrogens is 218 g/mol. The highest BCUT2D eigenvalue weighted by Gasteiger charge is 2.46. The molecular formula is C13H19NOS. The molecule has 1 aromatic rings. The summed E-state index contributed by atoms with van der Waals surface area (Å²) in [6.07, 6.45) is 5.57. The van der Waals surface area contributed by atoms with Gasteiger partial charge in [0.25, 0.3) is 0 Å². The molecule has 2 nitrogen and oxygen atoms in total. The predicted molar refractivity (Wildman–Crippen MR) is 66.8 cm³/mol. The van der Waals surface area contributed by atoms with E-state index in [2.05, 4.69) is 21.7 Å². The molecule has 0 saturated carbocycles. The zero-order chi connectivity index (χ0) is 11.0. The Hall–Kier alpha value is -0.380. The molecule has 0 aromatic carbocycles. The Morgan fingerprint density at radius 3 is 3.19 bits per heavy atom. The average molecular weight is 237 g/mol. The van der Waals surface area contributed by atoms with E-state index in [1.807, 2.05) is 0 Å². The zero-order valence-electron chi connectivity index (χ0n) is 9.56. The fourth-order valence-electron chi connectivity index (χ4n) is 3.32. The first-order valence-electron chi connectivity index (χ1n) is 6.25. The minimum Gasteiger partial charge on any atom is -0.388 e. The van der Waals surface area contributed by atoms with E-state index in [0.717, 1.165) is 19.4 Å². The molecule has 3 heteroatoms. The second-order valence-corrected chi connectivity index (χ2v) is 5.99. The number of piperidine rings is 1. The van der Waals surface area contributed by atoms with Crippen molar-refractivity contribution in [3.05, 3.63) is 22.4 Å². The first-order valence-corrected chi connectivity index (χ1v) is 7.20. The largest absolute Gasteiger partial charge is 0.388 e. The highest BCUT2D eigenvalue weighted by Crippen LogP contribution is 2.37. The molecule has 2 atom stereocenters. The standard InChI is InChI=1S/C13H19NOS/c15-13(9-11-4-8-16-10-11)5-7-14-6-2-1-3-12(13)14/h4,8,10,12,15H,1-3,5-7,9H2. The van der Waals surface area contributed by atoms with E-state index in [1.54, 1.807) is 11.3 Å². The first kappa shape index (κ1) is 10.8. The Labute approximate surface area is 101 Å². The molecule has 1 N–H and O–H groups in total. The zero-order valence-corrected chi connectivity index (χ0v) is 10.4. The van der Waals surface area contributed by atoms with Crippen molar-refractivity contribution < 1.29 is 5.11 Å². The molecule has 2 aliphatic rings. The van der Waals surface area contributed by atoms with E-state index in [9.17, 15) is 5.11 Å². The van der Waals surface area contributed by atoms with Crippen molar-refractivity contribution in [1.82, 2.24) is 4.90 Å². The monoisotopic (exact) mass is 237 g/mol. The van der Waals surface area contributed by atoms with Crippen LogP contribution in [0.15, 0.2) is 16.8 Å². The maximum Gasteiger partial charge on any atom is 0.0854 e. The Bertz CT molecular complexity index is 351. The van der Waals surface area contributed by atoms with Gasteiger partial charge in [-0.15, -0.1) is 0 Å². The molecule has 3 heterocycles. The lowest BCUT2D eigenvalue weighted by Crippen LogP contribution is -2.48. The molecule has 2 fully saturated rings. The fraction of sp³-hybridized carbons (Fsp3) is 0.692. The third-order valence-corrected chi connectivity index (χ3v) is 4.89. The van der Waals surface area contributed by atoms with Crippen LogP contribution in [0.5, 0.6) is 0 Å². The molecule has 1 aromatic heterocycles. The van der Waals surface area contributed by atoms with Crippen LogP contribution in [0.4, 0.5) is 0 Å². The van der Waals surface area contributed by atoms with Crippen LogP contribution in [-0.2, 0) is 6.42 Å². The van der Waals surface area contributed by atoms with Gasteiger partial charge >= 0.3 is 0 Å². The molecule has 2 unspecified atom stereocenters. The maximum absolute atomic E-state index is 10.8. The van der Waals surface area contributed by atoms with Gasteiger partial charge < -0.3 is 5.11 Å². The summed E-state index contributed by atoms with van der Waals surface area (Å²) in [5.74, 6) is 0. The summed E-state index contributed by atoms with van der Waals surface area (Å²) in [5.41, 5.74) is 0.849. The van der Waals surface area contributed by atoms with E-state index in [-0.39, 0.29) is 0 Å². The summed E-state index contributed by atoms with van der Waals surface area (Å²) in [6.45, 7) is 2.28. The van der Waals surface area contributed by atoms with Crippen LogP contribution in [0.25, 0.3) is 0 Å². The smallest absolute Gasteiger partial charge is 0.0854 e. The molecule has 0 aliphatic carbocycles. The van der Waals surface area contributed by atoms with Crippen LogP contribution in [0.3, 0.4) is 0 Å². The quantitative estimate of drug-likeness (QED) is 0.853. The Morgan fingerprint density at radius 1 is 1.44 bits per heavy atom. The van der Waals surface area contributed by atoms with Crippen LogP contribution in [-0.4, -0.2) is 34.7 Å². The fourth-order valence-corrected chi connectivity index (χ4v) is 3.99. The van der Waals surface area contributed by atoms with Crippen molar-refractivity contribution in [2.45, 2.75) is 43.7 Å². The van der Waals surface area contributed by atoms with Gasteiger partial charge in [0.2, 0.25) is 0 Å². The number of rotatable bonds is 2. The Morgan fingerprint density at radius 2 is 2.38 bits per heavy atom. The van der Waals surface area contributed by atoms with Gasteiger partial charge in [-0.25, -0.2) is 0 Å². The summed E-state index contributed by atoms with van der Waals surface area (Å²) in [7, 11) is 0. The SMILES string of the molecule is OC1(Cc2ccsc2)CCN2CCCCC21. The number of thiophene rings is 1. The van der Waals surface area contributed by atoms with Gasteiger partial charge in [-0.2, -0.15) is 11.3 Å². The number of fused-ring (bicyclic) bond motifs is 1. The van der Waals surface area contributed by atoms with Gasteiger partial charge in [0, 0.05) is 19.0 Å². The lowest BCUT2D eigenvalue weighted by atomic mass is 9.84. The number of hydrogen-bond acceptors (Lipinski definition) is 3. The van der Waals surface area contributed by atoms with E-state index < -0.39 is 5.60 Å². The summed E-state index contributed by atoms with van der Waals surface area (Å²) >= 11 is 1.73. The minimum absolute atomic E-state index is 0.418. The molecule has 0 bridgehead atoms. The average Bonchev–Trinajstić information content (AvgIpc) is 2.89. The van der Waals surface area contributed by atoms with Crippen molar-refractivity contribution in [2.75, 3.05) is 13.1 Å². The third kappa shape index (κ3) is 1.81. The second-order valence-electron chi connectivity index (χ2n) is 5.21. The number of hydrogen-bond donors (Lipinski definition) is 1. The normalized spacial score (nSPS) is 35.2. The third-order valence-electron chi connectivity index (χ3n) is 4.16. The lowest BCUT2D eigenvalue weighted by Gasteiger charge is -2.37. The van der Waals surface area contributed by atoms with E-state index in [1.165, 1.54) is 31.4 Å². The van der Waals surface area contributed by atoms with Crippen LogP contribution >= 0.6 is 11.3 Å². The topological polar surface area (TPSA) is 23.5 Å². The number of nitrogens with zero attached hydrogens (tertiary/aromatic N) is 1. The van der Waals surface area contributed by atoms with Crippen molar-refractivity contribution in [3.8, 4) is 0 Å². The van der Waals surface area contributed by atoms with Gasteiger partial charge in [0.15, 0.2) is 0 Å². The second kappa shape index (κ2) is 4.13. The van der Waals surface area contributed by atoms with Crippen LogP contribution in [0, 0.1) is 0 Å². The van der Waals surface area contributed by atoms with Gasteiger partial charge in [-0.05, 0) is 48.2 Å². The van der Waals surface area contributed by atoms with Gasteiger partial charge in [-0.3, -0.25) is 4.90 Å². The van der Waals surface area contributed by atoms with Crippen molar-refractivity contribution in [3.63, 3.8) is 0 Å². The molecule has 2 saturated heterocycles. The summed E-state index contributed by atoms with van der Waals surface area (Å²) in [4.78, 5) is 2.50. The van der Waals surface area contributed by atoms with Gasteiger partial charge in [-0.1, -0.05) is 6.42 Å². The predicted octanol–water partition coefficient (Wildman–Crippen LogP) is 2.28.